The molecule has 1 aliphatic carbocycles. The zero-order valence-corrected chi connectivity index (χ0v) is 16.9. The fourth-order valence-corrected chi connectivity index (χ4v) is 3.28. The number of benzene rings is 1. The number of hydrogen-bond donors (Lipinski definition) is 2. The summed E-state index contributed by atoms with van der Waals surface area (Å²) in [5.74, 6) is 0.831. The highest BCUT2D eigenvalue weighted by Crippen LogP contribution is 2.28. The van der Waals surface area contributed by atoms with Crippen LogP contribution in [-0.4, -0.2) is 51.9 Å². The summed E-state index contributed by atoms with van der Waals surface area (Å²) in [6, 6.07) is 6.93. The highest BCUT2D eigenvalue weighted by atomic mass is 16.5. The largest absolute Gasteiger partial charge is 0.474 e. The Balaban J connectivity index is 1.34. The van der Waals surface area contributed by atoms with Crippen molar-refractivity contribution < 1.29 is 14.3 Å². The second-order valence-corrected chi connectivity index (χ2v) is 7.65. The molecule has 30 heavy (non-hydrogen) atoms. The van der Waals surface area contributed by atoms with Gasteiger partial charge in [0.2, 0.25) is 17.7 Å². The van der Waals surface area contributed by atoms with Gasteiger partial charge in [0.1, 0.15) is 6.10 Å². The first kappa shape index (κ1) is 19.9. The molecule has 2 fully saturated rings. The number of ether oxygens (including phenoxy) is 1. The molecule has 2 aliphatic rings. The molecule has 8 nitrogen and oxygen atoms in total. The predicted octanol–water partition coefficient (Wildman–Crippen LogP) is 2.78. The van der Waals surface area contributed by atoms with Crippen LogP contribution in [0.25, 0.3) is 0 Å². The number of nitrogens with zero attached hydrogens (tertiary/aromatic N) is 3. The van der Waals surface area contributed by atoms with Crippen LogP contribution in [0.2, 0.25) is 0 Å². The van der Waals surface area contributed by atoms with E-state index in [4.69, 9.17) is 4.74 Å². The van der Waals surface area contributed by atoms with E-state index in [9.17, 15) is 9.59 Å². The van der Waals surface area contributed by atoms with Crippen LogP contribution in [0.4, 0.5) is 11.6 Å². The van der Waals surface area contributed by atoms with E-state index in [0.717, 1.165) is 24.8 Å². The highest BCUT2D eigenvalue weighted by Gasteiger charge is 2.28. The summed E-state index contributed by atoms with van der Waals surface area (Å²) in [4.78, 5) is 34.8. The molecular formula is C22H25N5O3. The number of hydrogen-bond acceptors (Lipinski definition) is 6. The number of likely N-dealkylation sites (tertiary alicyclic amines) is 1. The monoisotopic (exact) mass is 407 g/mol. The average molecular weight is 407 g/mol. The highest BCUT2D eigenvalue weighted by molar-refractivity contribution is 5.99. The topological polar surface area (TPSA) is 96.5 Å². The molecule has 2 heterocycles. The minimum atomic E-state index is -0.286. The lowest BCUT2D eigenvalue weighted by Gasteiger charge is -2.18. The summed E-state index contributed by atoms with van der Waals surface area (Å²) in [7, 11) is 0. The Bertz CT molecular complexity index is 956. The van der Waals surface area contributed by atoms with Gasteiger partial charge in [-0.05, 0) is 56.5 Å². The molecule has 2 amide bonds. The number of nitrogens with one attached hydrogen (secondary N) is 2. The van der Waals surface area contributed by atoms with E-state index >= 15 is 0 Å². The number of amides is 2. The number of carbonyl (C=O) groups is 2. The lowest BCUT2D eigenvalue weighted by molar-refractivity contribution is -0.111. The van der Waals surface area contributed by atoms with Crippen molar-refractivity contribution in [3.8, 4) is 5.88 Å². The van der Waals surface area contributed by atoms with E-state index in [0.29, 0.717) is 36.2 Å². The minimum Gasteiger partial charge on any atom is -0.474 e. The molecule has 4 rings (SSSR count). The van der Waals surface area contributed by atoms with Gasteiger partial charge < -0.3 is 20.3 Å². The molecule has 0 spiro atoms. The molecule has 1 saturated heterocycles. The average Bonchev–Trinajstić information content (AvgIpc) is 3.45. The van der Waals surface area contributed by atoms with Gasteiger partial charge in [-0.25, -0.2) is 4.98 Å². The Morgan fingerprint density at radius 1 is 1.23 bits per heavy atom. The van der Waals surface area contributed by atoms with Crippen LogP contribution in [-0.2, 0) is 4.79 Å². The van der Waals surface area contributed by atoms with Gasteiger partial charge in [0.05, 0.1) is 0 Å². The van der Waals surface area contributed by atoms with E-state index in [-0.39, 0.29) is 24.0 Å². The van der Waals surface area contributed by atoms with E-state index in [2.05, 4.69) is 27.2 Å². The Labute approximate surface area is 175 Å². The van der Waals surface area contributed by atoms with Gasteiger partial charge in [-0.2, -0.15) is 4.98 Å². The molecule has 1 aromatic carbocycles. The molecule has 1 atom stereocenters. The first-order valence-corrected chi connectivity index (χ1v) is 10.1. The smallest absolute Gasteiger partial charge is 0.253 e. The standard InChI is InChI=1S/C22H25N5O3/c1-3-19(28)24-16-6-4-15(5-7-16)21(29)27-11-10-17(13-27)25-22-23-12-14(2)20(26-22)30-18-8-9-18/h3-7,12,17-18H,1,8-11,13H2,2H3,(H,24,28)(H,23,25,26). The van der Waals surface area contributed by atoms with Crippen molar-refractivity contribution in [2.24, 2.45) is 0 Å². The van der Waals surface area contributed by atoms with E-state index < -0.39 is 0 Å². The number of rotatable bonds is 7. The summed E-state index contributed by atoms with van der Waals surface area (Å²) in [5.41, 5.74) is 2.13. The Kier molecular flexibility index (Phi) is 5.65. The molecule has 0 radical (unpaired) electrons. The summed E-state index contributed by atoms with van der Waals surface area (Å²) in [6.07, 6.45) is 6.21. The second-order valence-electron chi connectivity index (χ2n) is 7.65. The maximum absolute atomic E-state index is 12.8. The van der Waals surface area contributed by atoms with Gasteiger partial charge in [-0.3, -0.25) is 9.59 Å². The molecule has 1 aliphatic heterocycles. The third-order valence-corrected chi connectivity index (χ3v) is 5.12. The summed E-state index contributed by atoms with van der Waals surface area (Å²) >= 11 is 0. The molecular weight excluding hydrogens is 382 g/mol. The third-order valence-electron chi connectivity index (χ3n) is 5.12. The number of carbonyl (C=O) groups excluding carboxylic acids is 2. The Morgan fingerprint density at radius 3 is 2.70 bits per heavy atom. The van der Waals surface area contributed by atoms with Crippen LogP contribution in [0.15, 0.2) is 43.1 Å². The van der Waals surface area contributed by atoms with Crippen LogP contribution >= 0.6 is 0 Å². The zero-order valence-electron chi connectivity index (χ0n) is 16.9. The van der Waals surface area contributed by atoms with Crippen molar-refractivity contribution in [2.75, 3.05) is 23.7 Å². The normalized spacial score (nSPS) is 18.0. The summed E-state index contributed by atoms with van der Waals surface area (Å²) in [6.45, 7) is 6.59. The Hall–Kier alpha value is -3.42. The number of aryl methyl sites for hydroxylation is 1. The molecule has 2 N–H and O–H groups in total. The fourth-order valence-electron chi connectivity index (χ4n) is 3.28. The second kappa shape index (κ2) is 8.52. The molecule has 8 heteroatoms. The Morgan fingerprint density at radius 2 is 2.00 bits per heavy atom. The van der Waals surface area contributed by atoms with Gasteiger partial charge in [-0.15, -0.1) is 0 Å². The van der Waals surface area contributed by atoms with Gasteiger partial charge in [-0.1, -0.05) is 6.58 Å². The van der Waals surface area contributed by atoms with E-state index in [1.165, 1.54) is 6.08 Å². The molecule has 1 unspecified atom stereocenters. The van der Waals surface area contributed by atoms with Gasteiger partial charge in [0.25, 0.3) is 5.91 Å². The minimum absolute atomic E-state index is 0.0384. The SMILES string of the molecule is C=CC(=O)Nc1ccc(C(=O)N2CCC(Nc3ncc(C)c(OC4CC4)n3)C2)cc1. The van der Waals surface area contributed by atoms with Crippen LogP contribution < -0.4 is 15.4 Å². The van der Waals surface area contributed by atoms with E-state index in [1.807, 2.05) is 11.8 Å². The molecule has 156 valence electrons. The maximum atomic E-state index is 12.8. The molecule has 2 aromatic rings. The van der Waals surface area contributed by atoms with Crippen molar-refractivity contribution >= 4 is 23.5 Å². The zero-order chi connectivity index (χ0) is 21.1. The quantitative estimate of drug-likeness (QED) is 0.685. The van der Waals surface area contributed by atoms with Crippen LogP contribution in [0, 0.1) is 6.92 Å². The van der Waals surface area contributed by atoms with Crippen molar-refractivity contribution in [1.29, 1.82) is 0 Å². The fraction of sp³-hybridized carbons (Fsp3) is 0.364. The van der Waals surface area contributed by atoms with Crippen molar-refractivity contribution in [1.82, 2.24) is 14.9 Å². The summed E-state index contributed by atoms with van der Waals surface area (Å²) < 4.78 is 5.83. The molecule has 1 saturated carbocycles. The van der Waals surface area contributed by atoms with E-state index in [1.54, 1.807) is 30.5 Å². The number of aromatic nitrogens is 2. The third kappa shape index (κ3) is 4.76. The van der Waals surface area contributed by atoms with Crippen LogP contribution in [0.5, 0.6) is 5.88 Å². The first-order valence-electron chi connectivity index (χ1n) is 10.1. The lowest BCUT2D eigenvalue weighted by Crippen LogP contribution is -2.31. The van der Waals surface area contributed by atoms with Gasteiger partial charge >= 0.3 is 0 Å². The molecule has 0 bridgehead atoms. The lowest BCUT2D eigenvalue weighted by atomic mass is 10.2. The van der Waals surface area contributed by atoms with Crippen LogP contribution in [0.1, 0.15) is 35.2 Å². The number of anilines is 2. The first-order chi connectivity index (χ1) is 14.5. The van der Waals surface area contributed by atoms with Crippen LogP contribution in [0.3, 0.4) is 0 Å². The van der Waals surface area contributed by atoms with Crippen molar-refractivity contribution in [2.45, 2.75) is 38.3 Å². The van der Waals surface area contributed by atoms with Crippen molar-refractivity contribution in [3.05, 3.63) is 54.2 Å². The van der Waals surface area contributed by atoms with Gasteiger partial charge in [0.15, 0.2) is 0 Å². The maximum Gasteiger partial charge on any atom is 0.253 e. The predicted molar refractivity (Wildman–Crippen MR) is 114 cm³/mol. The van der Waals surface area contributed by atoms with Gasteiger partial charge in [0, 0.05) is 42.1 Å². The summed E-state index contributed by atoms with van der Waals surface area (Å²) in [5, 5.41) is 5.99. The molecule has 1 aromatic heterocycles. The van der Waals surface area contributed by atoms with Crippen molar-refractivity contribution in [3.63, 3.8) is 0 Å².